The van der Waals surface area contributed by atoms with Crippen molar-refractivity contribution in [3.63, 3.8) is 0 Å². The van der Waals surface area contributed by atoms with Gasteiger partial charge in [-0.3, -0.25) is 0 Å². The zero-order valence-corrected chi connectivity index (χ0v) is 16.1. The highest BCUT2D eigenvalue weighted by Gasteiger charge is 2.10. The fraction of sp³-hybridized carbons (Fsp3) is 0.217. The molecular weight excluding hydrogens is 332 g/mol. The molecule has 27 heavy (non-hydrogen) atoms. The van der Waals surface area contributed by atoms with E-state index in [9.17, 15) is 0 Å². The van der Waals surface area contributed by atoms with Gasteiger partial charge >= 0.3 is 0 Å². The van der Waals surface area contributed by atoms with E-state index in [0.717, 1.165) is 45.2 Å². The quantitative estimate of drug-likeness (QED) is 0.524. The van der Waals surface area contributed by atoms with Crippen LogP contribution in [0.3, 0.4) is 0 Å². The van der Waals surface area contributed by atoms with E-state index in [1.165, 1.54) is 11.1 Å². The normalized spacial score (nSPS) is 11.1. The Hall–Kier alpha value is -3.14. The van der Waals surface area contributed by atoms with Gasteiger partial charge in [0.25, 0.3) is 0 Å². The molecule has 0 aliphatic rings. The highest BCUT2D eigenvalue weighted by Crippen LogP contribution is 2.22. The first-order chi connectivity index (χ1) is 13.0. The van der Waals surface area contributed by atoms with Gasteiger partial charge in [-0.1, -0.05) is 30.3 Å². The molecule has 0 saturated carbocycles. The summed E-state index contributed by atoms with van der Waals surface area (Å²) in [5.41, 5.74) is 7.45. The standard InChI is InChI=1S/C23H22N4/c1-14-10-19-17(4)25-23(27-21(19)11-15(14)2)13-22-24-16(3)12-20(26-22)18-8-6-5-7-9-18/h5-12H,13H2,1-4H3. The third-order valence-electron chi connectivity index (χ3n) is 4.83. The van der Waals surface area contributed by atoms with E-state index in [0.29, 0.717) is 6.42 Å². The minimum atomic E-state index is 0.519. The molecule has 0 fully saturated rings. The molecule has 0 saturated heterocycles. The summed E-state index contributed by atoms with van der Waals surface area (Å²) in [6.45, 7) is 8.26. The molecule has 0 amide bonds. The van der Waals surface area contributed by atoms with Crippen molar-refractivity contribution in [3.8, 4) is 11.3 Å². The molecule has 4 nitrogen and oxygen atoms in total. The van der Waals surface area contributed by atoms with Crippen LogP contribution in [0.25, 0.3) is 22.2 Å². The van der Waals surface area contributed by atoms with E-state index < -0.39 is 0 Å². The molecule has 4 rings (SSSR count). The van der Waals surface area contributed by atoms with Gasteiger partial charge in [-0.25, -0.2) is 19.9 Å². The molecule has 0 spiro atoms. The van der Waals surface area contributed by atoms with Crippen LogP contribution < -0.4 is 0 Å². The maximum absolute atomic E-state index is 4.77. The Bertz CT molecular complexity index is 1130. The lowest BCUT2D eigenvalue weighted by Gasteiger charge is -2.09. The second-order valence-electron chi connectivity index (χ2n) is 7.03. The predicted octanol–water partition coefficient (Wildman–Crippen LogP) is 4.91. The van der Waals surface area contributed by atoms with Crippen LogP contribution in [-0.4, -0.2) is 19.9 Å². The summed E-state index contributed by atoms with van der Waals surface area (Å²) in [5, 5.41) is 1.11. The zero-order valence-electron chi connectivity index (χ0n) is 16.1. The van der Waals surface area contributed by atoms with Crippen molar-refractivity contribution in [3.05, 3.63) is 82.7 Å². The second kappa shape index (κ2) is 6.88. The predicted molar refractivity (Wildman–Crippen MR) is 109 cm³/mol. The van der Waals surface area contributed by atoms with Crippen LogP contribution in [0.2, 0.25) is 0 Å². The monoisotopic (exact) mass is 354 g/mol. The smallest absolute Gasteiger partial charge is 0.136 e. The summed E-state index contributed by atoms with van der Waals surface area (Å²) < 4.78 is 0. The molecule has 0 radical (unpaired) electrons. The summed E-state index contributed by atoms with van der Waals surface area (Å²) in [5.74, 6) is 1.50. The van der Waals surface area contributed by atoms with Crippen molar-refractivity contribution in [2.24, 2.45) is 0 Å². The Morgan fingerprint density at radius 1 is 0.704 bits per heavy atom. The number of benzene rings is 2. The van der Waals surface area contributed by atoms with Crippen LogP contribution in [0, 0.1) is 27.7 Å². The van der Waals surface area contributed by atoms with Crippen molar-refractivity contribution in [1.82, 2.24) is 19.9 Å². The zero-order chi connectivity index (χ0) is 19.0. The molecule has 4 heteroatoms. The Kier molecular flexibility index (Phi) is 4.40. The van der Waals surface area contributed by atoms with E-state index in [1.807, 2.05) is 38.1 Å². The molecular formula is C23H22N4. The number of fused-ring (bicyclic) bond motifs is 1. The highest BCUT2D eigenvalue weighted by atomic mass is 14.9. The fourth-order valence-electron chi connectivity index (χ4n) is 3.29. The summed E-state index contributed by atoms with van der Waals surface area (Å²) in [6, 6.07) is 16.5. The first kappa shape index (κ1) is 17.3. The first-order valence-corrected chi connectivity index (χ1v) is 9.14. The van der Waals surface area contributed by atoms with Crippen molar-refractivity contribution in [1.29, 1.82) is 0 Å². The van der Waals surface area contributed by atoms with Crippen molar-refractivity contribution in [2.75, 3.05) is 0 Å². The summed E-state index contributed by atoms with van der Waals surface area (Å²) in [6.07, 6.45) is 0.519. The highest BCUT2D eigenvalue weighted by molar-refractivity contribution is 5.82. The van der Waals surface area contributed by atoms with Crippen molar-refractivity contribution >= 4 is 10.9 Å². The average molecular weight is 354 g/mol. The van der Waals surface area contributed by atoms with Crippen LogP contribution in [-0.2, 0) is 6.42 Å². The summed E-state index contributed by atoms with van der Waals surface area (Å²) in [7, 11) is 0. The van der Waals surface area contributed by atoms with Crippen molar-refractivity contribution < 1.29 is 0 Å². The average Bonchev–Trinajstić information content (AvgIpc) is 2.64. The lowest BCUT2D eigenvalue weighted by molar-refractivity contribution is 0.880. The van der Waals surface area contributed by atoms with Gasteiger partial charge in [-0.05, 0) is 57.0 Å². The first-order valence-electron chi connectivity index (χ1n) is 9.14. The molecule has 0 atom stereocenters. The van der Waals surface area contributed by atoms with Crippen LogP contribution in [0.1, 0.15) is 34.2 Å². The van der Waals surface area contributed by atoms with E-state index >= 15 is 0 Å². The minimum Gasteiger partial charge on any atom is -0.238 e. The Labute approximate surface area is 159 Å². The van der Waals surface area contributed by atoms with Gasteiger partial charge in [-0.15, -0.1) is 0 Å². The summed E-state index contributed by atoms with van der Waals surface area (Å²) in [4.78, 5) is 18.8. The van der Waals surface area contributed by atoms with Crippen molar-refractivity contribution in [2.45, 2.75) is 34.1 Å². The number of rotatable bonds is 3. The molecule has 0 N–H and O–H groups in total. The maximum Gasteiger partial charge on any atom is 0.136 e. The van der Waals surface area contributed by atoms with Crippen LogP contribution in [0.4, 0.5) is 0 Å². The lowest BCUT2D eigenvalue weighted by atomic mass is 10.1. The molecule has 2 aromatic heterocycles. The summed E-state index contributed by atoms with van der Waals surface area (Å²) >= 11 is 0. The fourth-order valence-corrected chi connectivity index (χ4v) is 3.29. The van der Waals surface area contributed by atoms with Crippen LogP contribution >= 0.6 is 0 Å². The molecule has 4 aromatic rings. The Balaban J connectivity index is 1.74. The maximum atomic E-state index is 4.77. The minimum absolute atomic E-state index is 0.519. The molecule has 2 aromatic carbocycles. The third-order valence-corrected chi connectivity index (χ3v) is 4.83. The van der Waals surface area contributed by atoms with Gasteiger partial charge < -0.3 is 0 Å². The number of aryl methyl sites for hydroxylation is 4. The van der Waals surface area contributed by atoms with Gasteiger partial charge in [0.1, 0.15) is 11.6 Å². The number of hydrogen-bond acceptors (Lipinski definition) is 4. The lowest BCUT2D eigenvalue weighted by Crippen LogP contribution is -2.05. The van der Waals surface area contributed by atoms with Gasteiger partial charge in [0, 0.05) is 22.3 Å². The molecule has 134 valence electrons. The Morgan fingerprint density at radius 2 is 1.41 bits per heavy atom. The largest absolute Gasteiger partial charge is 0.238 e. The van der Waals surface area contributed by atoms with Crippen LogP contribution in [0.15, 0.2) is 48.5 Å². The van der Waals surface area contributed by atoms with Gasteiger partial charge in [-0.2, -0.15) is 0 Å². The van der Waals surface area contributed by atoms with E-state index in [4.69, 9.17) is 15.0 Å². The third kappa shape index (κ3) is 3.56. The van der Waals surface area contributed by atoms with E-state index in [-0.39, 0.29) is 0 Å². The number of hydrogen-bond donors (Lipinski definition) is 0. The molecule has 0 aliphatic carbocycles. The number of aromatic nitrogens is 4. The van der Waals surface area contributed by atoms with Gasteiger partial charge in [0.05, 0.1) is 17.6 Å². The Morgan fingerprint density at radius 3 is 2.19 bits per heavy atom. The molecule has 0 aliphatic heterocycles. The topological polar surface area (TPSA) is 51.6 Å². The molecule has 0 bridgehead atoms. The number of nitrogens with zero attached hydrogens (tertiary/aromatic N) is 4. The van der Waals surface area contributed by atoms with Gasteiger partial charge in [0.2, 0.25) is 0 Å². The second-order valence-corrected chi connectivity index (χ2v) is 7.03. The van der Waals surface area contributed by atoms with Gasteiger partial charge in [0.15, 0.2) is 0 Å². The SMILES string of the molecule is Cc1cc(-c2ccccc2)nc(Cc2nc(C)c3cc(C)c(C)cc3n2)n1. The van der Waals surface area contributed by atoms with E-state index in [1.54, 1.807) is 0 Å². The molecule has 2 heterocycles. The van der Waals surface area contributed by atoms with E-state index in [2.05, 4.69) is 43.1 Å². The van der Waals surface area contributed by atoms with Crippen LogP contribution in [0.5, 0.6) is 0 Å². The molecule has 0 unspecified atom stereocenters.